The van der Waals surface area contributed by atoms with E-state index in [1.165, 1.54) is 6.92 Å². The second-order valence-electron chi connectivity index (χ2n) is 4.17. The van der Waals surface area contributed by atoms with E-state index in [1.54, 1.807) is 18.2 Å². The average molecular weight is 269 g/mol. The van der Waals surface area contributed by atoms with E-state index in [1.807, 2.05) is 13.8 Å². The summed E-state index contributed by atoms with van der Waals surface area (Å²) in [5, 5.41) is 5.78. The Labute approximate surface area is 112 Å². The molecule has 2 amide bonds. The number of hydrogen-bond donors (Lipinski definition) is 2. The lowest BCUT2D eigenvalue weighted by molar-refractivity contribution is -0.119. The maximum absolute atomic E-state index is 11.7. The quantitative estimate of drug-likeness (QED) is 0.880. The molecule has 98 valence electrons. The first kappa shape index (κ1) is 14.5. The molecule has 0 saturated carbocycles. The molecule has 0 aliphatic heterocycles. The second-order valence-corrected chi connectivity index (χ2v) is 4.58. The van der Waals surface area contributed by atoms with E-state index >= 15 is 0 Å². The number of carbonyl (C=O) groups is 2. The SMILES string of the molecule is CC[C@@H](C)C(=O)Nc1ccc(NC(C)=O)c(Cl)c1. The number of halogens is 1. The standard InChI is InChI=1S/C13H17ClN2O2/c1-4-8(2)13(18)16-10-5-6-12(11(14)7-10)15-9(3)17/h5-8H,4H2,1-3H3,(H,15,17)(H,16,18)/t8-/m1/s1. The summed E-state index contributed by atoms with van der Waals surface area (Å²) in [5.74, 6) is -0.270. The first-order valence-corrected chi connectivity index (χ1v) is 6.19. The molecule has 0 radical (unpaired) electrons. The van der Waals surface area contributed by atoms with E-state index in [0.29, 0.717) is 16.4 Å². The molecule has 0 aliphatic rings. The number of carbonyl (C=O) groups excluding carboxylic acids is 2. The molecular formula is C13H17ClN2O2. The largest absolute Gasteiger partial charge is 0.326 e. The summed E-state index contributed by atoms with van der Waals surface area (Å²) in [5.41, 5.74) is 1.16. The van der Waals surface area contributed by atoms with Gasteiger partial charge in [0.05, 0.1) is 10.7 Å². The molecule has 1 atom stereocenters. The zero-order valence-corrected chi connectivity index (χ0v) is 11.5. The Bertz CT molecular complexity index is 460. The summed E-state index contributed by atoms with van der Waals surface area (Å²) < 4.78 is 0. The molecule has 0 spiro atoms. The molecule has 0 unspecified atom stereocenters. The van der Waals surface area contributed by atoms with Crippen LogP contribution in [0.2, 0.25) is 5.02 Å². The van der Waals surface area contributed by atoms with Crippen molar-refractivity contribution < 1.29 is 9.59 Å². The first-order valence-electron chi connectivity index (χ1n) is 5.82. The van der Waals surface area contributed by atoms with Crippen molar-refractivity contribution in [2.75, 3.05) is 10.6 Å². The van der Waals surface area contributed by atoms with Crippen LogP contribution in [0.3, 0.4) is 0 Å². The molecule has 0 fully saturated rings. The maximum Gasteiger partial charge on any atom is 0.227 e. The first-order chi connectivity index (χ1) is 8.43. The highest BCUT2D eigenvalue weighted by Gasteiger charge is 2.11. The Hall–Kier alpha value is -1.55. The van der Waals surface area contributed by atoms with Crippen molar-refractivity contribution in [1.29, 1.82) is 0 Å². The van der Waals surface area contributed by atoms with Gasteiger partial charge in [0.1, 0.15) is 0 Å². The summed E-state index contributed by atoms with van der Waals surface area (Å²) in [6, 6.07) is 4.99. The van der Waals surface area contributed by atoms with Gasteiger partial charge in [0.25, 0.3) is 0 Å². The van der Waals surface area contributed by atoms with Gasteiger partial charge in [0, 0.05) is 18.5 Å². The van der Waals surface area contributed by atoms with Gasteiger partial charge < -0.3 is 10.6 Å². The third kappa shape index (κ3) is 4.04. The number of rotatable bonds is 4. The predicted octanol–water partition coefficient (Wildman–Crippen LogP) is 3.28. The summed E-state index contributed by atoms with van der Waals surface area (Å²) >= 11 is 6.00. The minimum absolute atomic E-state index is 0.0409. The number of anilines is 2. The van der Waals surface area contributed by atoms with Crippen molar-refractivity contribution >= 4 is 34.8 Å². The van der Waals surface area contributed by atoms with Gasteiger partial charge in [-0.25, -0.2) is 0 Å². The molecule has 18 heavy (non-hydrogen) atoms. The van der Waals surface area contributed by atoms with Crippen LogP contribution in [0, 0.1) is 5.92 Å². The lowest BCUT2D eigenvalue weighted by atomic mass is 10.1. The molecule has 0 saturated heterocycles. The van der Waals surface area contributed by atoms with E-state index in [9.17, 15) is 9.59 Å². The van der Waals surface area contributed by atoms with E-state index < -0.39 is 0 Å². The Morgan fingerprint density at radius 1 is 1.33 bits per heavy atom. The lowest BCUT2D eigenvalue weighted by Crippen LogP contribution is -2.19. The van der Waals surface area contributed by atoms with Crippen molar-refractivity contribution in [1.82, 2.24) is 0 Å². The van der Waals surface area contributed by atoms with E-state index in [2.05, 4.69) is 10.6 Å². The highest BCUT2D eigenvalue weighted by atomic mass is 35.5. The zero-order chi connectivity index (χ0) is 13.7. The second kappa shape index (κ2) is 6.40. The number of hydrogen-bond acceptors (Lipinski definition) is 2. The molecule has 0 aliphatic carbocycles. The fourth-order valence-corrected chi connectivity index (χ4v) is 1.56. The molecule has 1 aromatic carbocycles. The summed E-state index contributed by atoms with van der Waals surface area (Å²) in [4.78, 5) is 22.6. The van der Waals surface area contributed by atoms with Gasteiger partial charge >= 0.3 is 0 Å². The average Bonchev–Trinajstić information content (AvgIpc) is 2.31. The summed E-state index contributed by atoms with van der Waals surface area (Å²) in [7, 11) is 0. The van der Waals surface area contributed by atoms with Gasteiger partial charge in [0.15, 0.2) is 0 Å². The smallest absolute Gasteiger partial charge is 0.227 e. The zero-order valence-electron chi connectivity index (χ0n) is 10.7. The highest BCUT2D eigenvalue weighted by Crippen LogP contribution is 2.25. The molecule has 4 nitrogen and oxygen atoms in total. The van der Waals surface area contributed by atoms with Crippen molar-refractivity contribution in [2.24, 2.45) is 5.92 Å². The van der Waals surface area contributed by atoms with Gasteiger partial charge in [-0.15, -0.1) is 0 Å². The minimum Gasteiger partial charge on any atom is -0.326 e. The third-order valence-corrected chi connectivity index (χ3v) is 2.92. The molecule has 1 aromatic rings. The molecule has 0 heterocycles. The Morgan fingerprint density at radius 3 is 2.50 bits per heavy atom. The van der Waals surface area contributed by atoms with Gasteiger partial charge in [-0.1, -0.05) is 25.4 Å². The maximum atomic E-state index is 11.7. The Kier molecular flexibility index (Phi) is 5.16. The van der Waals surface area contributed by atoms with Crippen molar-refractivity contribution in [2.45, 2.75) is 27.2 Å². The van der Waals surface area contributed by atoms with Gasteiger partial charge in [-0.2, -0.15) is 0 Å². The van der Waals surface area contributed by atoms with E-state index in [-0.39, 0.29) is 17.7 Å². The van der Waals surface area contributed by atoms with Crippen molar-refractivity contribution in [3.05, 3.63) is 23.2 Å². The number of amides is 2. The normalized spacial score (nSPS) is 11.8. The van der Waals surface area contributed by atoms with Crippen LogP contribution in [0.1, 0.15) is 27.2 Å². The fraction of sp³-hybridized carbons (Fsp3) is 0.385. The predicted molar refractivity (Wildman–Crippen MR) is 73.8 cm³/mol. The van der Waals surface area contributed by atoms with Crippen LogP contribution in [0.5, 0.6) is 0 Å². The minimum atomic E-state index is -0.187. The van der Waals surface area contributed by atoms with Crippen LogP contribution in [0.15, 0.2) is 18.2 Å². The molecule has 0 bridgehead atoms. The third-order valence-electron chi connectivity index (χ3n) is 2.61. The van der Waals surface area contributed by atoms with Crippen LogP contribution < -0.4 is 10.6 Å². The van der Waals surface area contributed by atoms with Crippen LogP contribution in [-0.4, -0.2) is 11.8 Å². The monoisotopic (exact) mass is 268 g/mol. The Morgan fingerprint density at radius 2 is 2.00 bits per heavy atom. The molecule has 5 heteroatoms. The topological polar surface area (TPSA) is 58.2 Å². The van der Waals surface area contributed by atoms with Crippen molar-refractivity contribution in [3.63, 3.8) is 0 Å². The summed E-state index contributed by atoms with van der Waals surface area (Å²) in [6.45, 7) is 5.23. The number of benzene rings is 1. The van der Waals surface area contributed by atoms with Gasteiger partial charge in [-0.3, -0.25) is 9.59 Å². The number of nitrogens with one attached hydrogen (secondary N) is 2. The molecule has 2 N–H and O–H groups in total. The summed E-state index contributed by atoms with van der Waals surface area (Å²) in [6.07, 6.45) is 0.781. The molecule has 0 aromatic heterocycles. The lowest BCUT2D eigenvalue weighted by Gasteiger charge is -2.11. The van der Waals surface area contributed by atoms with Crippen LogP contribution >= 0.6 is 11.6 Å². The van der Waals surface area contributed by atoms with Gasteiger partial charge in [0.2, 0.25) is 11.8 Å². The van der Waals surface area contributed by atoms with Crippen LogP contribution in [0.25, 0.3) is 0 Å². The molecular weight excluding hydrogens is 252 g/mol. The van der Waals surface area contributed by atoms with E-state index in [4.69, 9.17) is 11.6 Å². The van der Waals surface area contributed by atoms with Gasteiger partial charge in [-0.05, 0) is 24.6 Å². The van der Waals surface area contributed by atoms with E-state index in [0.717, 1.165) is 6.42 Å². The van der Waals surface area contributed by atoms with Crippen LogP contribution in [-0.2, 0) is 9.59 Å². The Balaban J connectivity index is 2.78. The highest BCUT2D eigenvalue weighted by molar-refractivity contribution is 6.34. The van der Waals surface area contributed by atoms with Crippen LogP contribution in [0.4, 0.5) is 11.4 Å². The molecule has 1 rings (SSSR count). The fourth-order valence-electron chi connectivity index (χ4n) is 1.33. The van der Waals surface area contributed by atoms with Crippen molar-refractivity contribution in [3.8, 4) is 0 Å².